The van der Waals surface area contributed by atoms with E-state index in [0.717, 1.165) is 11.8 Å². The summed E-state index contributed by atoms with van der Waals surface area (Å²) in [6.07, 6.45) is 1.19. The first kappa shape index (κ1) is 10.4. The van der Waals surface area contributed by atoms with Gasteiger partial charge in [-0.25, -0.2) is 0 Å². The van der Waals surface area contributed by atoms with Crippen molar-refractivity contribution in [3.8, 4) is 0 Å². The molecule has 0 saturated heterocycles. The summed E-state index contributed by atoms with van der Waals surface area (Å²) in [5.74, 6) is -1.17. The number of aliphatic carboxylic acids is 1. The van der Waals surface area contributed by atoms with Crippen LogP contribution in [0.15, 0.2) is 30.3 Å². The van der Waals surface area contributed by atoms with E-state index in [4.69, 9.17) is 5.11 Å². The Bertz CT molecular complexity index is 306. The van der Waals surface area contributed by atoms with Crippen molar-refractivity contribution in [1.82, 2.24) is 0 Å². The molecule has 0 radical (unpaired) electrons. The van der Waals surface area contributed by atoms with Crippen LogP contribution in [0.25, 0.3) is 0 Å². The number of carboxylic acid groups (broad SMARTS) is 1. The Morgan fingerprint density at radius 3 is 2.50 bits per heavy atom. The third kappa shape index (κ3) is 3.01. The quantitative estimate of drug-likeness (QED) is 0.724. The summed E-state index contributed by atoms with van der Waals surface area (Å²) in [5.41, 5.74) is 0.878. The van der Waals surface area contributed by atoms with Crippen molar-refractivity contribution >= 4 is 12.3 Å². The van der Waals surface area contributed by atoms with Crippen LogP contribution < -0.4 is 0 Å². The van der Waals surface area contributed by atoms with Gasteiger partial charge in [-0.05, 0) is 12.0 Å². The Morgan fingerprint density at radius 2 is 2.00 bits per heavy atom. The summed E-state index contributed by atoms with van der Waals surface area (Å²) >= 11 is 0. The maximum Gasteiger partial charge on any atom is 0.303 e. The molecule has 14 heavy (non-hydrogen) atoms. The van der Waals surface area contributed by atoms with Crippen LogP contribution in [0.5, 0.6) is 0 Å². The SMILES string of the molecule is O=CC(CCC(=O)O)c1ccccc1. The Balaban J connectivity index is 2.63. The van der Waals surface area contributed by atoms with Crippen molar-refractivity contribution in [1.29, 1.82) is 0 Å². The first-order chi connectivity index (χ1) is 6.74. The molecule has 0 heterocycles. The Morgan fingerprint density at radius 1 is 1.36 bits per heavy atom. The standard InChI is InChI=1S/C11H12O3/c12-8-10(6-7-11(13)14)9-4-2-1-3-5-9/h1-5,8,10H,6-7H2,(H,13,14). The first-order valence-corrected chi connectivity index (χ1v) is 4.46. The lowest BCUT2D eigenvalue weighted by molar-refractivity contribution is -0.137. The lowest BCUT2D eigenvalue weighted by atomic mass is 9.96. The Kier molecular flexibility index (Phi) is 3.85. The monoisotopic (exact) mass is 192 g/mol. The molecule has 0 aliphatic carbocycles. The third-order valence-corrected chi connectivity index (χ3v) is 2.06. The molecule has 0 aliphatic rings. The van der Waals surface area contributed by atoms with E-state index in [1.165, 1.54) is 0 Å². The summed E-state index contributed by atoms with van der Waals surface area (Å²) in [7, 11) is 0. The zero-order valence-electron chi connectivity index (χ0n) is 7.72. The zero-order chi connectivity index (χ0) is 10.4. The lowest BCUT2D eigenvalue weighted by Gasteiger charge is -2.08. The largest absolute Gasteiger partial charge is 0.481 e. The maximum atomic E-state index is 10.7. The van der Waals surface area contributed by atoms with E-state index in [2.05, 4.69) is 0 Å². The number of benzene rings is 1. The minimum atomic E-state index is -0.868. The smallest absolute Gasteiger partial charge is 0.303 e. The number of aldehydes is 1. The van der Waals surface area contributed by atoms with Crippen molar-refractivity contribution in [2.24, 2.45) is 0 Å². The fourth-order valence-electron chi connectivity index (χ4n) is 1.29. The average Bonchev–Trinajstić information content (AvgIpc) is 2.20. The molecule has 0 aromatic heterocycles. The summed E-state index contributed by atoms with van der Waals surface area (Å²) < 4.78 is 0. The van der Waals surface area contributed by atoms with Gasteiger partial charge in [0, 0.05) is 12.3 Å². The van der Waals surface area contributed by atoms with Gasteiger partial charge in [-0.1, -0.05) is 30.3 Å². The second-order valence-electron chi connectivity index (χ2n) is 3.09. The predicted molar refractivity (Wildman–Crippen MR) is 52.1 cm³/mol. The minimum Gasteiger partial charge on any atom is -0.481 e. The van der Waals surface area contributed by atoms with Gasteiger partial charge in [0.1, 0.15) is 6.29 Å². The van der Waals surface area contributed by atoms with Gasteiger partial charge in [0.15, 0.2) is 0 Å². The molecular weight excluding hydrogens is 180 g/mol. The highest BCUT2D eigenvalue weighted by atomic mass is 16.4. The van der Waals surface area contributed by atoms with E-state index < -0.39 is 5.97 Å². The van der Waals surface area contributed by atoms with Crippen LogP contribution in [0.2, 0.25) is 0 Å². The molecule has 1 rings (SSSR count). The van der Waals surface area contributed by atoms with E-state index in [-0.39, 0.29) is 12.3 Å². The molecule has 0 bridgehead atoms. The van der Waals surface area contributed by atoms with Crippen molar-refractivity contribution in [2.45, 2.75) is 18.8 Å². The topological polar surface area (TPSA) is 54.4 Å². The molecule has 1 atom stereocenters. The molecule has 0 spiro atoms. The zero-order valence-corrected chi connectivity index (χ0v) is 7.72. The molecule has 3 nitrogen and oxygen atoms in total. The molecule has 1 N–H and O–H groups in total. The van der Waals surface area contributed by atoms with Crippen LogP contribution in [0.1, 0.15) is 24.3 Å². The molecular formula is C11H12O3. The summed E-state index contributed by atoms with van der Waals surface area (Å²) in [5, 5.41) is 8.49. The molecule has 0 fully saturated rings. The average molecular weight is 192 g/mol. The molecule has 1 aromatic carbocycles. The Labute approximate surface area is 82.4 Å². The van der Waals surface area contributed by atoms with Crippen LogP contribution in [-0.4, -0.2) is 17.4 Å². The predicted octanol–water partition coefficient (Wildman–Crippen LogP) is 1.83. The Hall–Kier alpha value is -1.64. The number of hydrogen-bond acceptors (Lipinski definition) is 2. The second kappa shape index (κ2) is 5.17. The normalized spacial score (nSPS) is 12.0. The number of rotatable bonds is 5. The van der Waals surface area contributed by atoms with Crippen LogP contribution in [0, 0.1) is 0 Å². The van der Waals surface area contributed by atoms with Gasteiger partial charge in [0.25, 0.3) is 0 Å². The van der Waals surface area contributed by atoms with E-state index in [0.29, 0.717) is 6.42 Å². The van der Waals surface area contributed by atoms with Gasteiger partial charge < -0.3 is 9.90 Å². The van der Waals surface area contributed by atoms with Crippen molar-refractivity contribution < 1.29 is 14.7 Å². The first-order valence-electron chi connectivity index (χ1n) is 4.46. The highest BCUT2D eigenvalue weighted by Gasteiger charge is 2.11. The fourth-order valence-corrected chi connectivity index (χ4v) is 1.29. The summed E-state index contributed by atoms with van der Waals surface area (Å²) in [4.78, 5) is 21.1. The van der Waals surface area contributed by atoms with E-state index in [9.17, 15) is 9.59 Å². The third-order valence-electron chi connectivity index (χ3n) is 2.06. The summed E-state index contributed by atoms with van der Waals surface area (Å²) in [6, 6.07) is 9.21. The van der Waals surface area contributed by atoms with Gasteiger partial charge in [-0.3, -0.25) is 4.79 Å². The van der Waals surface area contributed by atoms with E-state index >= 15 is 0 Å². The number of carboxylic acids is 1. The van der Waals surface area contributed by atoms with Gasteiger partial charge in [0.2, 0.25) is 0 Å². The van der Waals surface area contributed by atoms with Gasteiger partial charge in [-0.15, -0.1) is 0 Å². The molecule has 0 saturated carbocycles. The maximum absolute atomic E-state index is 10.7. The van der Waals surface area contributed by atoms with Gasteiger partial charge >= 0.3 is 5.97 Å². The number of carbonyl (C=O) groups excluding carboxylic acids is 1. The molecule has 0 aliphatic heterocycles. The molecule has 3 heteroatoms. The summed E-state index contributed by atoms with van der Waals surface area (Å²) in [6.45, 7) is 0. The van der Waals surface area contributed by atoms with Crippen LogP contribution >= 0.6 is 0 Å². The van der Waals surface area contributed by atoms with Crippen molar-refractivity contribution in [2.75, 3.05) is 0 Å². The van der Waals surface area contributed by atoms with Crippen molar-refractivity contribution in [3.63, 3.8) is 0 Å². The highest BCUT2D eigenvalue weighted by molar-refractivity contribution is 5.69. The van der Waals surface area contributed by atoms with Gasteiger partial charge in [0.05, 0.1) is 0 Å². The molecule has 0 amide bonds. The van der Waals surface area contributed by atoms with Crippen molar-refractivity contribution in [3.05, 3.63) is 35.9 Å². The molecule has 1 unspecified atom stereocenters. The number of carbonyl (C=O) groups is 2. The van der Waals surface area contributed by atoms with Crippen LogP contribution in [0.4, 0.5) is 0 Å². The van der Waals surface area contributed by atoms with E-state index in [1.54, 1.807) is 0 Å². The van der Waals surface area contributed by atoms with Gasteiger partial charge in [-0.2, -0.15) is 0 Å². The molecule has 74 valence electrons. The fraction of sp³-hybridized carbons (Fsp3) is 0.273. The molecule has 1 aromatic rings. The minimum absolute atomic E-state index is 0.0261. The second-order valence-corrected chi connectivity index (χ2v) is 3.09. The highest BCUT2D eigenvalue weighted by Crippen LogP contribution is 2.18. The van der Waals surface area contributed by atoms with Crippen LogP contribution in [-0.2, 0) is 9.59 Å². The lowest BCUT2D eigenvalue weighted by Crippen LogP contribution is -2.04. The van der Waals surface area contributed by atoms with Crippen LogP contribution in [0.3, 0.4) is 0 Å². The van der Waals surface area contributed by atoms with E-state index in [1.807, 2.05) is 30.3 Å². The number of hydrogen-bond donors (Lipinski definition) is 1.